The smallest absolute Gasteiger partial charge is 0.0575 e. The van der Waals surface area contributed by atoms with Crippen LogP contribution in [0.4, 0.5) is 0 Å². The van der Waals surface area contributed by atoms with Crippen molar-refractivity contribution in [2.24, 2.45) is 5.92 Å². The van der Waals surface area contributed by atoms with Crippen molar-refractivity contribution < 1.29 is 4.74 Å². The molecule has 0 saturated heterocycles. The molecule has 1 saturated carbocycles. The first-order valence-corrected chi connectivity index (χ1v) is 5.40. The predicted octanol–water partition coefficient (Wildman–Crippen LogP) is 3.38. The van der Waals surface area contributed by atoms with Gasteiger partial charge >= 0.3 is 0 Å². The van der Waals surface area contributed by atoms with E-state index in [4.69, 9.17) is 4.74 Å². The molecule has 0 N–H and O–H groups in total. The molecular formula is C11H22O. The maximum Gasteiger partial charge on any atom is 0.0575 e. The first-order valence-electron chi connectivity index (χ1n) is 5.40. The van der Waals surface area contributed by atoms with Crippen molar-refractivity contribution >= 4 is 0 Å². The summed E-state index contributed by atoms with van der Waals surface area (Å²) in [6.07, 6.45) is 8.60. The summed E-state index contributed by atoms with van der Waals surface area (Å²) in [5.74, 6) is 0.786. The quantitative estimate of drug-likeness (QED) is 0.628. The molecule has 1 aliphatic rings. The van der Waals surface area contributed by atoms with Crippen LogP contribution < -0.4 is 0 Å². The lowest BCUT2D eigenvalue weighted by molar-refractivity contribution is 0.0230. The van der Waals surface area contributed by atoms with Crippen molar-refractivity contribution in [3.8, 4) is 0 Å². The molecule has 0 unspecified atom stereocenters. The third-order valence-corrected chi connectivity index (χ3v) is 2.60. The molecule has 1 fully saturated rings. The van der Waals surface area contributed by atoms with Crippen LogP contribution in [0.3, 0.4) is 0 Å². The summed E-state index contributed by atoms with van der Waals surface area (Å²) < 4.78 is 5.79. The Morgan fingerprint density at radius 1 is 1.17 bits per heavy atom. The summed E-state index contributed by atoms with van der Waals surface area (Å²) in [7, 11) is 0. The summed E-state index contributed by atoms with van der Waals surface area (Å²) >= 11 is 0. The van der Waals surface area contributed by atoms with Crippen LogP contribution in [-0.2, 0) is 4.74 Å². The Bertz CT molecular complexity index is 104. The fraction of sp³-hybridized carbons (Fsp3) is 1.00. The van der Waals surface area contributed by atoms with Crippen molar-refractivity contribution in [2.45, 2.75) is 58.5 Å². The summed E-state index contributed by atoms with van der Waals surface area (Å²) in [5, 5.41) is 0. The fourth-order valence-corrected chi connectivity index (χ4v) is 1.70. The molecule has 72 valence electrons. The van der Waals surface area contributed by atoms with Crippen molar-refractivity contribution in [3.05, 3.63) is 0 Å². The van der Waals surface area contributed by atoms with Crippen LogP contribution in [0.15, 0.2) is 0 Å². The van der Waals surface area contributed by atoms with Gasteiger partial charge in [-0.05, 0) is 25.2 Å². The van der Waals surface area contributed by atoms with E-state index < -0.39 is 0 Å². The normalized spacial score (nSPS) is 20.2. The van der Waals surface area contributed by atoms with E-state index in [1.807, 2.05) is 0 Å². The maximum atomic E-state index is 5.79. The SMILES string of the molecule is CC(C)CCOC1CCCCC1. The lowest BCUT2D eigenvalue weighted by Gasteiger charge is -2.22. The second-order valence-corrected chi connectivity index (χ2v) is 4.31. The van der Waals surface area contributed by atoms with Gasteiger partial charge in [-0.1, -0.05) is 33.1 Å². The Morgan fingerprint density at radius 2 is 1.83 bits per heavy atom. The second kappa shape index (κ2) is 5.58. The van der Waals surface area contributed by atoms with E-state index in [9.17, 15) is 0 Å². The third kappa shape index (κ3) is 4.10. The Balaban J connectivity index is 1.98. The van der Waals surface area contributed by atoms with E-state index >= 15 is 0 Å². The largest absolute Gasteiger partial charge is 0.378 e. The standard InChI is InChI=1S/C11H22O/c1-10(2)8-9-12-11-6-4-3-5-7-11/h10-11H,3-9H2,1-2H3. The summed E-state index contributed by atoms with van der Waals surface area (Å²) in [6, 6.07) is 0. The highest BCUT2D eigenvalue weighted by Crippen LogP contribution is 2.20. The average Bonchev–Trinajstić information content (AvgIpc) is 2.05. The zero-order valence-corrected chi connectivity index (χ0v) is 8.51. The van der Waals surface area contributed by atoms with E-state index in [-0.39, 0.29) is 0 Å². The second-order valence-electron chi connectivity index (χ2n) is 4.31. The molecule has 0 spiro atoms. The van der Waals surface area contributed by atoms with Gasteiger partial charge < -0.3 is 4.74 Å². The zero-order valence-electron chi connectivity index (χ0n) is 8.51. The number of ether oxygens (including phenoxy) is 1. The van der Waals surface area contributed by atoms with Gasteiger partial charge in [0.05, 0.1) is 6.10 Å². The van der Waals surface area contributed by atoms with Gasteiger partial charge in [-0.15, -0.1) is 0 Å². The molecule has 0 aromatic carbocycles. The van der Waals surface area contributed by atoms with E-state index in [0.29, 0.717) is 6.10 Å². The van der Waals surface area contributed by atoms with Gasteiger partial charge in [0.2, 0.25) is 0 Å². The Kier molecular flexibility index (Phi) is 4.67. The van der Waals surface area contributed by atoms with Crippen LogP contribution in [0.1, 0.15) is 52.4 Å². The predicted molar refractivity (Wildman–Crippen MR) is 52.3 cm³/mol. The molecule has 0 aromatic heterocycles. The molecule has 0 atom stereocenters. The van der Waals surface area contributed by atoms with Gasteiger partial charge in [0.1, 0.15) is 0 Å². The third-order valence-electron chi connectivity index (χ3n) is 2.60. The Morgan fingerprint density at radius 3 is 2.42 bits per heavy atom. The van der Waals surface area contributed by atoms with Crippen molar-refractivity contribution in [1.29, 1.82) is 0 Å². The molecule has 1 nitrogen and oxygen atoms in total. The molecular weight excluding hydrogens is 148 g/mol. The minimum Gasteiger partial charge on any atom is -0.378 e. The van der Waals surface area contributed by atoms with Crippen LogP contribution in [0, 0.1) is 5.92 Å². The van der Waals surface area contributed by atoms with Crippen LogP contribution in [0.5, 0.6) is 0 Å². The summed E-state index contributed by atoms with van der Waals surface area (Å²) in [6.45, 7) is 5.48. The highest BCUT2D eigenvalue weighted by Gasteiger charge is 2.13. The molecule has 1 aliphatic carbocycles. The highest BCUT2D eigenvalue weighted by atomic mass is 16.5. The lowest BCUT2D eigenvalue weighted by atomic mass is 9.98. The van der Waals surface area contributed by atoms with Gasteiger partial charge in [0, 0.05) is 6.61 Å². The van der Waals surface area contributed by atoms with Crippen LogP contribution >= 0.6 is 0 Å². The number of hydrogen-bond acceptors (Lipinski definition) is 1. The molecule has 0 radical (unpaired) electrons. The van der Waals surface area contributed by atoms with Crippen LogP contribution in [0.2, 0.25) is 0 Å². The minimum absolute atomic E-state index is 0.595. The van der Waals surface area contributed by atoms with E-state index in [2.05, 4.69) is 13.8 Å². The van der Waals surface area contributed by atoms with Crippen LogP contribution in [-0.4, -0.2) is 12.7 Å². The molecule has 0 aromatic rings. The molecule has 12 heavy (non-hydrogen) atoms. The molecule has 0 bridgehead atoms. The van der Waals surface area contributed by atoms with Gasteiger partial charge in [-0.2, -0.15) is 0 Å². The molecule has 0 aliphatic heterocycles. The Hall–Kier alpha value is -0.0400. The van der Waals surface area contributed by atoms with Gasteiger partial charge in [-0.25, -0.2) is 0 Å². The first kappa shape index (κ1) is 10.0. The topological polar surface area (TPSA) is 9.23 Å². The monoisotopic (exact) mass is 170 g/mol. The van der Waals surface area contributed by atoms with Gasteiger partial charge in [0.15, 0.2) is 0 Å². The molecule has 0 heterocycles. The summed E-state index contributed by atoms with van der Waals surface area (Å²) in [5.41, 5.74) is 0. The number of rotatable bonds is 4. The molecule has 1 rings (SSSR count). The molecule has 1 heteroatoms. The maximum absolute atomic E-state index is 5.79. The Labute approximate surface area is 76.5 Å². The molecule has 0 amide bonds. The van der Waals surface area contributed by atoms with E-state index in [0.717, 1.165) is 12.5 Å². The van der Waals surface area contributed by atoms with Gasteiger partial charge in [-0.3, -0.25) is 0 Å². The minimum atomic E-state index is 0.595. The van der Waals surface area contributed by atoms with Crippen LogP contribution in [0.25, 0.3) is 0 Å². The van der Waals surface area contributed by atoms with Crippen molar-refractivity contribution in [2.75, 3.05) is 6.61 Å². The summed E-state index contributed by atoms with van der Waals surface area (Å²) in [4.78, 5) is 0. The van der Waals surface area contributed by atoms with E-state index in [1.54, 1.807) is 0 Å². The fourth-order valence-electron chi connectivity index (χ4n) is 1.70. The first-order chi connectivity index (χ1) is 5.79. The highest BCUT2D eigenvalue weighted by molar-refractivity contribution is 4.64. The zero-order chi connectivity index (χ0) is 8.81. The lowest BCUT2D eigenvalue weighted by Crippen LogP contribution is -2.17. The van der Waals surface area contributed by atoms with Crippen molar-refractivity contribution in [3.63, 3.8) is 0 Å². The number of hydrogen-bond donors (Lipinski definition) is 0. The van der Waals surface area contributed by atoms with E-state index in [1.165, 1.54) is 38.5 Å². The van der Waals surface area contributed by atoms with Crippen molar-refractivity contribution in [1.82, 2.24) is 0 Å². The van der Waals surface area contributed by atoms with Gasteiger partial charge in [0.25, 0.3) is 0 Å². The average molecular weight is 170 g/mol.